The number of pyridine rings is 1. The first-order valence-corrected chi connectivity index (χ1v) is 10.6. The Morgan fingerprint density at radius 1 is 0.917 bits per heavy atom. The van der Waals surface area contributed by atoms with Gasteiger partial charge in [-0.2, -0.15) is 36.3 Å². The summed E-state index contributed by atoms with van der Waals surface area (Å²) in [5.41, 5.74) is -1.58. The first kappa shape index (κ1) is 25.6. The summed E-state index contributed by atoms with van der Waals surface area (Å²) in [4.78, 5) is 22.1. The van der Waals surface area contributed by atoms with Crippen molar-refractivity contribution < 1.29 is 35.1 Å². The van der Waals surface area contributed by atoms with Crippen molar-refractivity contribution in [2.24, 2.45) is 5.92 Å². The summed E-state index contributed by atoms with van der Waals surface area (Å²) in [6.45, 7) is 0. The Labute approximate surface area is 198 Å². The van der Waals surface area contributed by atoms with Gasteiger partial charge in [-0.25, -0.2) is 23.7 Å². The third-order valence-electron chi connectivity index (χ3n) is 5.41. The van der Waals surface area contributed by atoms with Crippen molar-refractivity contribution in [3.8, 4) is 11.5 Å². The van der Waals surface area contributed by atoms with Crippen LogP contribution in [-0.2, 0) is 18.8 Å². The minimum Gasteiger partial charge on any atom is -0.324 e. The van der Waals surface area contributed by atoms with E-state index in [4.69, 9.17) is 0 Å². The molecule has 0 bridgehead atoms. The van der Waals surface area contributed by atoms with Crippen molar-refractivity contribution in [1.29, 1.82) is 0 Å². The Morgan fingerprint density at radius 3 is 2.33 bits per heavy atom. The minimum absolute atomic E-state index is 0.0509. The van der Waals surface area contributed by atoms with Crippen molar-refractivity contribution in [3.05, 3.63) is 47.9 Å². The van der Waals surface area contributed by atoms with Crippen LogP contribution in [0.1, 0.15) is 43.0 Å². The zero-order chi connectivity index (χ0) is 26.1. The SMILES string of the molecule is FC1(F)CC[C@@H](CCc2nc(Nc3ccnc(C(F)(F)F)c3)nc(-c3ccnc(C(F)(F)F)n3)n2)C1. The number of aryl methyl sites for hydroxylation is 1. The van der Waals surface area contributed by atoms with Gasteiger partial charge in [-0.1, -0.05) is 0 Å². The lowest BCUT2D eigenvalue weighted by Crippen LogP contribution is -2.13. The first-order valence-electron chi connectivity index (χ1n) is 10.6. The van der Waals surface area contributed by atoms with Crippen molar-refractivity contribution in [3.63, 3.8) is 0 Å². The second kappa shape index (κ2) is 9.50. The minimum atomic E-state index is -4.84. The molecule has 4 rings (SSSR count). The number of hydrogen-bond donors (Lipinski definition) is 1. The van der Waals surface area contributed by atoms with Gasteiger partial charge in [0.1, 0.15) is 17.2 Å². The molecule has 0 unspecified atom stereocenters. The zero-order valence-corrected chi connectivity index (χ0v) is 18.2. The summed E-state index contributed by atoms with van der Waals surface area (Å²) >= 11 is 0. The van der Waals surface area contributed by atoms with Gasteiger partial charge in [-0.05, 0) is 37.0 Å². The number of nitrogens with zero attached hydrogens (tertiary/aromatic N) is 6. The molecular weight excluding hydrogens is 502 g/mol. The van der Waals surface area contributed by atoms with Gasteiger partial charge in [0.15, 0.2) is 5.82 Å². The molecule has 1 atom stereocenters. The van der Waals surface area contributed by atoms with E-state index in [9.17, 15) is 35.1 Å². The van der Waals surface area contributed by atoms with Crippen LogP contribution in [0.3, 0.4) is 0 Å². The van der Waals surface area contributed by atoms with Gasteiger partial charge in [0.2, 0.25) is 17.7 Å². The molecule has 3 heterocycles. The van der Waals surface area contributed by atoms with E-state index in [2.05, 4.69) is 35.2 Å². The van der Waals surface area contributed by atoms with Crippen LogP contribution < -0.4 is 5.32 Å². The average Bonchev–Trinajstić information content (AvgIpc) is 3.15. The quantitative estimate of drug-likeness (QED) is 0.408. The fraction of sp³-hybridized carbons (Fsp3) is 0.429. The van der Waals surface area contributed by atoms with Crippen LogP contribution >= 0.6 is 0 Å². The van der Waals surface area contributed by atoms with Crippen molar-refractivity contribution in [1.82, 2.24) is 29.9 Å². The lowest BCUT2D eigenvalue weighted by atomic mass is 10.0. The Bertz CT molecular complexity index is 1230. The monoisotopic (exact) mass is 519 g/mol. The molecule has 36 heavy (non-hydrogen) atoms. The molecule has 0 amide bonds. The molecule has 0 spiro atoms. The van der Waals surface area contributed by atoms with Gasteiger partial charge < -0.3 is 5.32 Å². The van der Waals surface area contributed by atoms with Gasteiger partial charge in [-0.3, -0.25) is 4.98 Å². The van der Waals surface area contributed by atoms with E-state index in [1.807, 2.05) is 0 Å². The van der Waals surface area contributed by atoms with Gasteiger partial charge in [0.25, 0.3) is 0 Å². The highest BCUT2D eigenvalue weighted by Crippen LogP contribution is 2.40. The van der Waals surface area contributed by atoms with Crippen LogP contribution in [0.15, 0.2) is 30.6 Å². The Balaban J connectivity index is 1.66. The highest BCUT2D eigenvalue weighted by molar-refractivity contribution is 5.56. The molecule has 7 nitrogen and oxygen atoms in total. The lowest BCUT2D eigenvalue weighted by Gasteiger charge is -2.13. The van der Waals surface area contributed by atoms with E-state index < -0.39 is 29.8 Å². The maximum absolute atomic E-state index is 13.5. The van der Waals surface area contributed by atoms with E-state index in [0.29, 0.717) is 12.5 Å². The van der Waals surface area contributed by atoms with Crippen molar-refractivity contribution in [2.45, 2.75) is 50.4 Å². The second-order valence-electron chi connectivity index (χ2n) is 8.22. The molecule has 0 saturated heterocycles. The molecule has 3 aromatic rings. The number of rotatable bonds is 6. The van der Waals surface area contributed by atoms with Crippen LogP contribution in [0.2, 0.25) is 0 Å². The highest BCUT2D eigenvalue weighted by Gasteiger charge is 2.39. The second-order valence-corrected chi connectivity index (χ2v) is 8.22. The van der Waals surface area contributed by atoms with E-state index in [0.717, 1.165) is 18.5 Å². The summed E-state index contributed by atoms with van der Waals surface area (Å²) in [5.74, 6) is -5.00. The zero-order valence-electron chi connectivity index (χ0n) is 18.2. The fourth-order valence-electron chi connectivity index (χ4n) is 3.74. The molecular formula is C21H17F8N7. The summed E-state index contributed by atoms with van der Waals surface area (Å²) in [5, 5.41) is 2.57. The molecule has 0 aromatic carbocycles. The molecule has 1 aliphatic rings. The number of nitrogens with one attached hydrogen (secondary N) is 1. The third-order valence-corrected chi connectivity index (χ3v) is 5.41. The van der Waals surface area contributed by atoms with Gasteiger partial charge in [-0.15, -0.1) is 0 Å². The third kappa shape index (κ3) is 6.37. The van der Waals surface area contributed by atoms with Crippen LogP contribution in [0, 0.1) is 5.92 Å². The summed E-state index contributed by atoms with van der Waals surface area (Å²) in [7, 11) is 0. The Hall–Kier alpha value is -3.52. The van der Waals surface area contributed by atoms with Gasteiger partial charge >= 0.3 is 12.4 Å². The summed E-state index contributed by atoms with van der Waals surface area (Å²) in [6.07, 6.45) is -7.65. The normalized spacial score (nSPS) is 17.8. The van der Waals surface area contributed by atoms with Crippen LogP contribution in [0.5, 0.6) is 0 Å². The lowest BCUT2D eigenvalue weighted by molar-refractivity contribution is -0.145. The van der Waals surface area contributed by atoms with Gasteiger partial charge in [0.05, 0.1) is 0 Å². The fourth-order valence-corrected chi connectivity index (χ4v) is 3.74. The molecule has 1 N–H and O–H groups in total. The molecule has 1 saturated carbocycles. The highest BCUT2D eigenvalue weighted by atomic mass is 19.4. The standard InChI is InChI=1S/C21H17F8N7/c22-19(23)6-3-11(10-19)1-2-15-34-16(13-5-8-31-17(33-13)21(27,28)29)36-18(35-15)32-12-4-7-30-14(9-12)20(24,25)26/h4-5,7-9,11H,1-3,6,10H2,(H,30,32,34,35,36)/t11-/m1/s1. The maximum Gasteiger partial charge on any atom is 0.451 e. The van der Waals surface area contributed by atoms with Crippen LogP contribution in [0.4, 0.5) is 46.8 Å². The van der Waals surface area contributed by atoms with E-state index in [-0.39, 0.29) is 60.6 Å². The molecule has 1 fully saturated rings. The van der Waals surface area contributed by atoms with Crippen molar-refractivity contribution >= 4 is 11.6 Å². The molecule has 0 radical (unpaired) electrons. The maximum atomic E-state index is 13.5. The van der Waals surface area contributed by atoms with E-state index in [1.54, 1.807) is 0 Å². The van der Waals surface area contributed by atoms with E-state index >= 15 is 0 Å². The number of halogens is 8. The molecule has 1 aliphatic carbocycles. The smallest absolute Gasteiger partial charge is 0.324 e. The van der Waals surface area contributed by atoms with Crippen molar-refractivity contribution in [2.75, 3.05) is 5.32 Å². The number of hydrogen-bond acceptors (Lipinski definition) is 7. The van der Waals surface area contributed by atoms with Gasteiger partial charge in [0, 0.05) is 37.3 Å². The average molecular weight is 519 g/mol. The number of anilines is 2. The number of aromatic nitrogens is 6. The molecule has 3 aromatic heterocycles. The Kier molecular flexibility index (Phi) is 6.75. The summed E-state index contributed by atoms with van der Waals surface area (Å²) in [6, 6.07) is 3.05. The Morgan fingerprint density at radius 2 is 1.67 bits per heavy atom. The molecule has 0 aliphatic heterocycles. The molecule has 15 heteroatoms. The predicted octanol–water partition coefficient (Wildman–Crippen LogP) is 5.87. The van der Waals surface area contributed by atoms with E-state index in [1.165, 1.54) is 6.07 Å². The number of alkyl halides is 8. The van der Waals surface area contributed by atoms with Crippen LogP contribution in [-0.4, -0.2) is 35.8 Å². The van der Waals surface area contributed by atoms with Crippen LogP contribution in [0.25, 0.3) is 11.5 Å². The summed E-state index contributed by atoms with van der Waals surface area (Å²) < 4.78 is 105. The molecule has 192 valence electrons. The predicted molar refractivity (Wildman–Crippen MR) is 109 cm³/mol. The largest absolute Gasteiger partial charge is 0.451 e. The first-order chi connectivity index (χ1) is 16.8. The topological polar surface area (TPSA) is 89.4 Å².